The molecule has 4 bridgehead atoms. The third kappa shape index (κ3) is 8.73. The number of likely N-dealkylation sites (tertiary alicyclic amines) is 1. The number of anilines is 1. The number of ether oxygens (including phenoxy) is 4. The topological polar surface area (TPSA) is 209 Å². The van der Waals surface area contributed by atoms with Crippen molar-refractivity contribution in [2.45, 2.75) is 124 Å². The Labute approximate surface area is 363 Å². The molecule has 1 amide bonds. The van der Waals surface area contributed by atoms with Gasteiger partial charge in [-0.15, -0.1) is 0 Å². The van der Waals surface area contributed by atoms with Crippen LogP contribution in [0.2, 0.25) is 0 Å². The van der Waals surface area contributed by atoms with E-state index in [0.717, 1.165) is 13.0 Å². The van der Waals surface area contributed by atoms with Crippen molar-refractivity contribution < 1.29 is 53.8 Å². The molecule has 6 rings (SSSR count). The van der Waals surface area contributed by atoms with Crippen LogP contribution in [0.5, 0.6) is 17.2 Å². The summed E-state index contributed by atoms with van der Waals surface area (Å²) in [6.45, 7) is 19.6. The second kappa shape index (κ2) is 18.1. The Morgan fingerprint density at radius 3 is 2.26 bits per heavy atom. The van der Waals surface area contributed by atoms with E-state index >= 15 is 0 Å². The van der Waals surface area contributed by atoms with Gasteiger partial charge in [-0.25, -0.2) is 0 Å². The molecule has 0 radical (unpaired) electrons. The van der Waals surface area contributed by atoms with Crippen molar-refractivity contribution in [3.05, 3.63) is 58.0 Å². The van der Waals surface area contributed by atoms with E-state index in [-0.39, 0.29) is 55.4 Å². The molecule has 2 aromatic rings. The fourth-order valence-electron chi connectivity index (χ4n) is 9.17. The molecule has 4 heterocycles. The van der Waals surface area contributed by atoms with E-state index in [9.17, 15) is 34.8 Å². The quantitative estimate of drug-likeness (QED) is 0.196. The number of aliphatic hydroxyl groups is 2. The zero-order valence-electron chi connectivity index (χ0n) is 37.8. The number of aliphatic hydroxyl groups excluding tert-OH is 2. The number of benzene rings is 2. The first kappa shape index (κ1) is 46.7. The summed E-state index contributed by atoms with van der Waals surface area (Å²) in [6.07, 6.45) is 6.10. The second-order valence-corrected chi connectivity index (χ2v) is 18.3. The molecule has 0 aliphatic carbocycles. The van der Waals surface area contributed by atoms with Gasteiger partial charge in [0.2, 0.25) is 0 Å². The lowest BCUT2D eigenvalue weighted by atomic mass is 9.78. The Morgan fingerprint density at radius 1 is 0.968 bits per heavy atom. The average molecular weight is 861 g/mol. The highest BCUT2D eigenvalue weighted by Gasteiger charge is 2.50. The molecule has 5 N–H and O–H groups in total. The minimum absolute atomic E-state index is 0.0384. The lowest BCUT2D eigenvalue weighted by Gasteiger charge is -2.38. The van der Waals surface area contributed by atoms with Crippen LogP contribution in [0.15, 0.2) is 46.1 Å². The van der Waals surface area contributed by atoms with Crippen LogP contribution in [0.4, 0.5) is 5.69 Å². The molecule has 1 fully saturated rings. The van der Waals surface area contributed by atoms with Crippen LogP contribution in [0, 0.1) is 36.5 Å². The minimum atomic E-state index is -1.96. The maximum atomic E-state index is 14.7. The first-order valence-electron chi connectivity index (χ1n) is 21.7. The molecule has 9 atom stereocenters. The smallest absolute Gasteiger partial charge is 0.312 e. The van der Waals surface area contributed by atoms with E-state index in [0.29, 0.717) is 31.8 Å². The van der Waals surface area contributed by atoms with Gasteiger partial charge < -0.3 is 49.6 Å². The molecule has 0 unspecified atom stereocenters. The van der Waals surface area contributed by atoms with Crippen LogP contribution in [0.1, 0.15) is 97.5 Å². The number of hydrogen-bond donors (Lipinski definition) is 5. The number of methoxy groups -OCH3 is 1. The number of aromatic hydroxyl groups is 2. The number of piperidine rings is 1. The first-order valence-corrected chi connectivity index (χ1v) is 21.7. The zero-order valence-corrected chi connectivity index (χ0v) is 37.8. The summed E-state index contributed by atoms with van der Waals surface area (Å²) in [4.78, 5) is 53.8. The number of allylic oxidation sites excluding steroid dienone is 2. The number of phenolic OH excluding ortho intramolecular Hbond substituents is 2. The highest BCUT2D eigenvalue weighted by molar-refractivity contribution is 6.19. The molecule has 1 saturated heterocycles. The summed E-state index contributed by atoms with van der Waals surface area (Å²) in [7, 11) is 1.47. The molecular formula is C47H64N4O11. The summed E-state index contributed by atoms with van der Waals surface area (Å²) in [5.41, 5.74) is -0.564. The Morgan fingerprint density at radius 2 is 1.63 bits per heavy atom. The highest BCUT2D eigenvalue weighted by atomic mass is 16.7. The normalized spacial score (nSPS) is 32.3. The Bertz CT molecular complexity index is 2310. The van der Waals surface area contributed by atoms with Gasteiger partial charge in [0.15, 0.2) is 11.4 Å². The zero-order chi connectivity index (χ0) is 45.6. The van der Waals surface area contributed by atoms with Gasteiger partial charge in [0, 0.05) is 87.1 Å². The van der Waals surface area contributed by atoms with E-state index < -0.39 is 82.9 Å². The van der Waals surface area contributed by atoms with Gasteiger partial charge in [-0.2, -0.15) is 0 Å². The minimum Gasteiger partial charge on any atom is -0.507 e. The van der Waals surface area contributed by atoms with Crippen molar-refractivity contribution in [2.24, 2.45) is 39.6 Å². The summed E-state index contributed by atoms with van der Waals surface area (Å²) in [5, 5.41) is 50.3. The fourth-order valence-corrected chi connectivity index (χ4v) is 9.17. The third-order valence-electron chi connectivity index (χ3n) is 13.3. The van der Waals surface area contributed by atoms with E-state index in [2.05, 4.69) is 24.1 Å². The number of hydrogen-bond acceptors (Lipinski definition) is 14. The van der Waals surface area contributed by atoms with Gasteiger partial charge in [-0.05, 0) is 38.8 Å². The number of Topliss-reactive ketones (excluding diaryl/α,β-unsaturated/α-hetero) is 1. The van der Waals surface area contributed by atoms with Gasteiger partial charge in [0.05, 0.1) is 40.9 Å². The molecular weight excluding hydrogens is 797 g/mol. The molecule has 62 heavy (non-hydrogen) atoms. The van der Waals surface area contributed by atoms with Crippen LogP contribution in [0.25, 0.3) is 10.8 Å². The standard InChI is InChI=1S/C47H64N4O11/c1-23(2)15-19-51-20-17-47(18-21-51)49-35-32-33-40(55)29(8)43-34(32)44(57)46(10,62-43)60-22-16-31(59-11)26(5)42(61-30(9)52)28(7)39(54)27(6)38(53)24(3)13-12-14-25(4)45(58)48-37(41(33)56)36(35)50-47/h12-14,16,22-24,26-28,31,38-39,42,53-56H,15,17-21H2,1-11H3,(H,48,58)/b13-12+,22-16+,25-14-/t24-,26+,27+,28+,31-,38-,39+,42+,46-/m0/s1. The number of rotatable bonds is 5. The molecule has 15 nitrogen and oxygen atoms in total. The van der Waals surface area contributed by atoms with Crippen molar-refractivity contribution in [3.63, 3.8) is 0 Å². The Hall–Kier alpha value is -4.83. The second-order valence-electron chi connectivity index (χ2n) is 18.3. The SMILES string of the molecule is CO[C@H]1/C=C/O[C@@]2(C)Oc3c(C)c(O)c4c(O)c(c5c(c4c3C2=O)=NC2(CCN(CCC(C)C)CC2)N=5)NC(=O)/C(C)=C\C=C\[C@H](C)[C@H](O)[C@@H](C)[C@@H](O)[C@@H](C)[C@H](OC(C)=O)[C@@H]1C. The predicted octanol–water partition coefficient (Wildman–Crippen LogP) is 5.14. The molecule has 0 aromatic heterocycles. The summed E-state index contributed by atoms with van der Waals surface area (Å²) in [6, 6.07) is 0. The average Bonchev–Trinajstić information content (AvgIpc) is 3.73. The van der Waals surface area contributed by atoms with Gasteiger partial charge in [-0.3, -0.25) is 24.4 Å². The Kier molecular flexibility index (Phi) is 13.6. The van der Waals surface area contributed by atoms with Crippen LogP contribution in [0.3, 0.4) is 0 Å². The number of ketones is 1. The predicted molar refractivity (Wildman–Crippen MR) is 232 cm³/mol. The maximum Gasteiger partial charge on any atom is 0.312 e. The third-order valence-corrected chi connectivity index (χ3v) is 13.3. The van der Waals surface area contributed by atoms with E-state index in [4.69, 9.17) is 28.9 Å². The largest absolute Gasteiger partial charge is 0.507 e. The van der Waals surface area contributed by atoms with Gasteiger partial charge in [-0.1, -0.05) is 59.8 Å². The van der Waals surface area contributed by atoms with Crippen molar-refractivity contribution >= 4 is 34.1 Å². The Balaban J connectivity index is 1.53. The summed E-state index contributed by atoms with van der Waals surface area (Å²) < 4.78 is 24.0. The van der Waals surface area contributed by atoms with Crippen LogP contribution < -0.4 is 20.8 Å². The lowest BCUT2D eigenvalue weighted by molar-refractivity contribution is -0.160. The molecule has 338 valence electrons. The van der Waals surface area contributed by atoms with E-state index in [1.165, 1.54) is 27.2 Å². The van der Waals surface area contributed by atoms with Gasteiger partial charge in [0.25, 0.3) is 11.7 Å². The molecule has 1 spiro atoms. The number of amides is 1. The highest BCUT2D eigenvalue weighted by Crippen LogP contribution is 2.50. The number of nitrogens with one attached hydrogen (secondary N) is 1. The number of phenols is 2. The van der Waals surface area contributed by atoms with Gasteiger partial charge in [0.1, 0.15) is 28.6 Å². The molecule has 15 heteroatoms. The maximum absolute atomic E-state index is 14.7. The van der Waals surface area contributed by atoms with Crippen LogP contribution in [-0.4, -0.2) is 106 Å². The number of carbonyl (C=O) groups is 3. The van der Waals surface area contributed by atoms with Gasteiger partial charge >= 0.3 is 11.8 Å². The number of carbonyl (C=O) groups excluding carboxylic acids is 3. The number of esters is 1. The van der Waals surface area contributed by atoms with Crippen LogP contribution >= 0.6 is 0 Å². The summed E-state index contributed by atoms with van der Waals surface area (Å²) >= 11 is 0. The van der Waals surface area contributed by atoms with Crippen molar-refractivity contribution in [2.75, 3.05) is 32.1 Å². The van der Waals surface area contributed by atoms with E-state index in [1.807, 2.05) is 0 Å². The molecule has 4 aliphatic rings. The fraction of sp³-hybridized carbons (Fsp3) is 0.596. The molecule has 0 saturated carbocycles. The summed E-state index contributed by atoms with van der Waals surface area (Å²) in [5.74, 6) is -6.35. The first-order chi connectivity index (χ1) is 29.1. The lowest BCUT2D eigenvalue weighted by Crippen LogP contribution is -2.46. The van der Waals surface area contributed by atoms with Crippen molar-refractivity contribution in [1.29, 1.82) is 0 Å². The monoisotopic (exact) mass is 860 g/mol. The number of nitrogens with zero attached hydrogens (tertiary/aromatic N) is 3. The van der Waals surface area contributed by atoms with Crippen molar-refractivity contribution in [1.82, 2.24) is 4.90 Å². The van der Waals surface area contributed by atoms with Crippen molar-refractivity contribution in [3.8, 4) is 17.2 Å². The van der Waals surface area contributed by atoms with E-state index in [1.54, 1.807) is 65.8 Å². The number of fused-ring (bicyclic) bond motifs is 1. The molecule has 4 aliphatic heterocycles. The van der Waals surface area contributed by atoms with Crippen LogP contribution in [-0.2, 0) is 23.8 Å². The molecule has 2 aromatic carbocycles.